The third kappa shape index (κ3) is 3.95. The second kappa shape index (κ2) is 7.99. The number of esters is 1. The first kappa shape index (κ1) is 17.4. The van der Waals surface area contributed by atoms with Gasteiger partial charge < -0.3 is 15.2 Å². The summed E-state index contributed by atoms with van der Waals surface area (Å²) in [6, 6.07) is -0.0000293. The molecule has 0 spiro atoms. The number of nitrogens with two attached hydrogens (primary N) is 1. The number of rotatable bonds is 6. The normalized spacial score (nSPS) is 34.2. The van der Waals surface area contributed by atoms with Crippen molar-refractivity contribution in [2.75, 3.05) is 6.61 Å². The van der Waals surface area contributed by atoms with Crippen molar-refractivity contribution in [3.8, 4) is 0 Å². The van der Waals surface area contributed by atoms with Crippen molar-refractivity contribution in [3.05, 3.63) is 0 Å². The smallest absolute Gasteiger partial charge is 0.309 e. The number of carbonyl (C=O) groups is 1. The lowest BCUT2D eigenvalue weighted by molar-refractivity contribution is -0.161. The molecule has 4 nitrogen and oxygen atoms in total. The molecule has 0 aromatic heterocycles. The predicted octanol–water partition coefficient (Wildman–Crippen LogP) is 2.74. The summed E-state index contributed by atoms with van der Waals surface area (Å²) in [5.41, 5.74) is 6.23. The lowest BCUT2D eigenvalue weighted by atomic mass is 9.70. The Kier molecular flexibility index (Phi) is 6.96. The Morgan fingerprint density at radius 1 is 1.20 bits per heavy atom. The van der Waals surface area contributed by atoms with Crippen molar-refractivity contribution in [3.63, 3.8) is 0 Å². The van der Waals surface area contributed by atoms with Crippen LogP contribution in [0.2, 0.25) is 0 Å². The second-order valence-electron chi connectivity index (χ2n) is 6.02. The van der Waals surface area contributed by atoms with E-state index in [2.05, 4.69) is 27.7 Å². The van der Waals surface area contributed by atoms with Gasteiger partial charge in [-0.2, -0.15) is 0 Å². The average Bonchev–Trinajstić information content (AvgIpc) is 2.43. The van der Waals surface area contributed by atoms with E-state index < -0.39 is 0 Å². The standard InChI is InChI=1S/C16H31NO3/c1-6-12(7-2)20-15-10(4)13(16(18)19-8-3)9-14(17)11(15)5/h10-15H,6-9,17H2,1-5H3/t10-,11-,13-,14+,15-/m1/s1. The van der Waals surface area contributed by atoms with Gasteiger partial charge in [0, 0.05) is 6.04 Å². The van der Waals surface area contributed by atoms with Crippen LogP contribution in [0.25, 0.3) is 0 Å². The minimum atomic E-state index is -0.138. The molecule has 1 fully saturated rings. The van der Waals surface area contributed by atoms with Crippen LogP contribution in [0.3, 0.4) is 0 Å². The fourth-order valence-electron chi connectivity index (χ4n) is 3.19. The first-order valence-electron chi connectivity index (χ1n) is 8.03. The van der Waals surface area contributed by atoms with Crippen molar-refractivity contribution in [2.45, 2.75) is 72.1 Å². The molecule has 5 atom stereocenters. The monoisotopic (exact) mass is 285 g/mol. The summed E-state index contributed by atoms with van der Waals surface area (Å²) in [6.07, 6.45) is 2.97. The Morgan fingerprint density at radius 3 is 2.30 bits per heavy atom. The topological polar surface area (TPSA) is 61.5 Å². The first-order chi connectivity index (χ1) is 9.46. The van der Waals surface area contributed by atoms with E-state index in [1.54, 1.807) is 0 Å². The van der Waals surface area contributed by atoms with Crippen LogP contribution in [0.1, 0.15) is 53.9 Å². The van der Waals surface area contributed by atoms with Crippen LogP contribution < -0.4 is 5.73 Å². The van der Waals surface area contributed by atoms with Crippen LogP contribution in [0.4, 0.5) is 0 Å². The highest BCUT2D eigenvalue weighted by Crippen LogP contribution is 2.37. The predicted molar refractivity (Wildman–Crippen MR) is 80.3 cm³/mol. The third-order valence-electron chi connectivity index (χ3n) is 4.72. The maximum atomic E-state index is 12.1. The molecule has 2 N–H and O–H groups in total. The summed E-state index contributed by atoms with van der Waals surface area (Å²) in [4.78, 5) is 12.1. The van der Waals surface area contributed by atoms with Crippen LogP contribution in [0, 0.1) is 17.8 Å². The van der Waals surface area contributed by atoms with Gasteiger partial charge in [0.15, 0.2) is 0 Å². The van der Waals surface area contributed by atoms with E-state index >= 15 is 0 Å². The zero-order chi connectivity index (χ0) is 15.3. The number of carbonyl (C=O) groups excluding carboxylic acids is 1. The average molecular weight is 285 g/mol. The van der Waals surface area contributed by atoms with Crippen LogP contribution >= 0.6 is 0 Å². The van der Waals surface area contributed by atoms with E-state index in [4.69, 9.17) is 15.2 Å². The molecule has 0 bridgehead atoms. The molecule has 0 aliphatic heterocycles. The van der Waals surface area contributed by atoms with Gasteiger partial charge in [-0.05, 0) is 38.0 Å². The van der Waals surface area contributed by atoms with E-state index in [1.807, 2.05) is 6.92 Å². The van der Waals surface area contributed by atoms with E-state index in [0.29, 0.717) is 13.0 Å². The first-order valence-corrected chi connectivity index (χ1v) is 8.03. The van der Waals surface area contributed by atoms with Gasteiger partial charge in [-0.3, -0.25) is 4.79 Å². The highest BCUT2D eigenvalue weighted by Gasteiger charge is 2.44. The van der Waals surface area contributed by atoms with Crippen molar-refractivity contribution in [1.29, 1.82) is 0 Å². The molecular weight excluding hydrogens is 254 g/mol. The van der Waals surface area contributed by atoms with Gasteiger partial charge in [0.05, 0.1) is 24.7 Å². The summed E-state index contributed by atoms with van der Waals surface area (Å²) in [6.45, 7) is 10.8. The summed E-state index contributed by atoms with van der Waals surface area (Å²) in [7, 11) is 0. The SMILES string of the molecule is CCOC(=O)[C@@H]1C[C@H](N)[C@@H](C)[C@H](OC(CC)CC)[C@@H]1C. The highest BCUT2D eigenvalue weighted by atomic mass is 16.5. The molecule has 0 heterocycles. The number of ether oxygens (including phenoxy) is 2. The van der Waals surface area contributed by atoms with Gasteiger partial charge in [-0.15, -0.1) is 0 Å². The van der Waals surface area contributed by atoms with Crippen LogP contribution in [-0.2, 0) is 14.3 Å². The molecule has 0 amide bonds. The Bertz CT molecular complexity index is 304. The Morgan fingerprint density at radius 2 is 1.80 bits per heavy atom. The molecule has 0 aromatic carbocycles. The molecule has 1 saturated carbocycles. The van der Waals surface area contributed by atoms with E-state index in [0.717, 1.165) is 12.8 Å². The van der Waals surface area contributed by atoms with Crippen LogP contribution in [-0.4, -0.2) is 30.8 Å². The summed E-state index contributed by atoms with van der Waals surface area (Å²) >= 11 is 0. The molecule has 20 heavy (non-hydrogen) atoms. The number of hydrogen-bond acceptors (Lipinski definition) is 4. The molecular formula is C16H31NO3. The fourth-order valence-corrected chi connectivity index (χ4v) is 3.19. The molecule has 0 radical (unpaired) electrons. The Balaban J connectivity index is 2.81. The van der Waals surface area contributed by atoms with Crippen molar-refractivity contribution >= 4 is 5.97 Å². The van der Waals surface area contributed by atoms with Gasteiger partial charge in [0.25, 0.3) is 0 Å². The van der Waals surface area contributed by atoms with E-state index in [-0.39, 0.29) is 42.0 Å². The maximum absolute atomic E-state index is 12.1. The zero-order valence-electron chi connectivity index (χ0n) is 13.6. The minimum absolute atomic E-state index is 0.0000293. The molecule has 1 rings (SSSR count). The van der Waals surface area contributed by atoms with Gasteiger partial charge in [-0.25, -0.2) is 0 Å². The maximum Gasteiger partial charge on any atom is 0.309 e. The minimum Gasteiger partial charge on any atom is -0.466 e. The quantitative estimate of drug-likeness (QED) is 0.762. The van der Waals surface area contributed by atoms with E-state index in [1.165, 1.54) is 0 Å². The lowest BCUT2D eigenvalue weighted by Crippen LogP contribution is -2.52. The fraction of sp³-hybridized carbons (Fsp3) is 0.938. The molecule has 118 valence electrons. The molecule has 0 saturated heterocycles. The highest BCUT2D eigenvalue weighted by molar-refractivity contribution is 5.73. The third-order valence-corrected chi connectivity index (χ3v) is 4.72. The van der Waals surface area contributed by atoms with Gasteiger partial charge in [0.2, 0.25) is 0 Å². The van der Waals surface area contributed by atoms with Gasteiger partial charge in [-0.1, -0.05) is 27.7 Å². The summed E-state index contributed by atoms with van der Waals surface area (Å²) in [5, 5.41) is 0. The summed E-state index contributed by atoms with van der Waals surface area (Å²) < 4.78 is 11.4. The largest absolute Gasteiger partial charge is 0.466 e. The van der Waals surface area contributed by atoms with Crippen molar-refractivity contribution in [2.24, 2.45) is 23.5 Å². The van der Waals surface area contributed by atoms with Gasteiger partial charge >= 0.3 is 5.97 Å². The Hall–Kier alpha value is -0.610. The molecule has 0 aromatic rings. The molecule has 0 unspecified atom stereocenters. The van der Waals surface area contributed by atoms with Gasteiger partial charge in [0.1, 0.15) is 0 Å². The second-order valence-corrected chi connectivity index (χ2v) is 6.02. The molecule has 1 aliphatic carbocycles. The summed E-state index contributed by atoms with van der Waals surface area (Å²) in [5.74, 6) is 0.168. The molecule has 4 heteroatoms. The zero-order valence-corrected chi connectivity index (χ0v) is 13.6. The lowest BCUT2D eigenvalue weighted by Gasteiger charge is -2.43. The molecule has 1 aliphatic rings. The van der Waals surface area contributed by atoms with Crippen LogP contribution in [0.15, 0.2) is 0 Å². The van der Waals surface area contributed by atoms with Crippen molar-refractivity contribution < 1.29 is 14.3 Å². The van der Waals surface area contributed by atoms with Crippen molar-refractivity contribution in [1.82, 2.24) is 0 Å². The van der Waals surface area contributed by atoms with Crippen LogP contribution in [0.5, 0.6) is 0 Å². The Labute approximate surface area is 123 Å². The van der Waals surface area contributed by atoms with E-state index in [9.17, 15) is 4.79 Å². The number of hydrogen-bond donors (Lipinski definition) is 1.